The second-order valence-electron chi connectivity index (χ2n) is 8.25. The number of carbonyl (C=O) groups excluding carboxylic acids is 1. The van der Waals surface area contributed by atoms with E-state index < -0.39 is 12.0 Å². The Hall–Kier alpha value is -3.69. The van der Waals surface area contributed by atoms with Crippen molar-refractivity contribution in [2.75, 3.05) is 13.7 Å². The number of rotatable bonds is 6. The maximum absolute atomic E-state index is 13.8. The summed E-state index contributed by atoms with van der Waals surface area (Å²) in [6.07, 6.45) is 1.70. The van der Waals surface area contributed by atoms with Crippen molar-refractivity contribution >= 4 is 39.3 Å². The molecule has 0 aliphatic carbocycles. The van der Waals surface area contributed by atoms with Gasteiger partial charge in [0.05, 0.1) is 29.5 Å². The maximum atomic E-state index is 13.8. The monoisotopic (exact) mass is 578 g/mol. The van der Waals surface area contributed by atoms with Crippen molar-refractivity contribution in [3.8, 4) is 17.1 Å². The van der Waals surface area contributed by atoms with Crippen molar-refractivity contribution in [3.63, 3.8) is 0 Å². The molecule has 37 heavy (non-hydrogen) atoms. The molecule has 2 aromatic carbocycles. The van der Waals surface area contributed by atoms with Crippen molar-refractivity contribution < 1.29 is 18.7 Å². The molecule has 1 unspecified atom stereocenters. The lowest BCUT2D eigenvalue weighted by molar-refractivity contribution is -0.139. The van der Waals surface area contributed by atoms with Crippen LogP contribution in [0, 0.1) is 0 Å². The first kappa shape index (κ1) is 25.0. The normalized spacial score (nSPS) is 15.4. The lowest BCUT2D eigenvalue weighted by Crippen LogP contribution is -2.40. The van der Waals surface area contributed by atoms with Gasteiger partial charge in [0, 0.05) is 21.7 Å². The molecule has 0 fully saturated rings. The van der Waals surface area contributed by atoms with Gasteiger partial charge in [-0.05, 0) is 44.2 Å². The minimum absolute atomic E-state index is 0.206. The first-order valence-corrected chi connectivity index (χ1v) is 13.2. The Morgan fingerprint density at radius 1 is 1.16 bits per heavy atom. The van der Waals surface area contributed by atoms with Crippen molar-refractivity contribution in [3.05, 3.63) is 107 Å². The molecule has 0 N–H and O–H groups in total. The number of aromatic nitrogens is 1. The first-order valence-electron chi connectivity index (χ1n) is 11.6. The van der Waals surface area contributed by atoms with Gasteiger partial charge in [0.1, 0.15) is 23.3 Å². The van der Waals surface area contributed by atoms with E-state index in [0.717, 1.165) is 10.0 Å². The van der Waals surface area contributed by atoms with Crippen molar-refractivity contribution in [1.82, 2.24) is 4.57 Å². The van der Waals surface area contributed by atoms with Crippen molar-refractivity contribution in [1.29, 1.82) is 0 Å². The molecule has 7 nitrogen and oxygen atoms in total. The number of fused-ring (bicyclic) bond motifs is 1. The fraction of sp³-hybridized carbons (Fsp3) is 0.179. The standard InChI is InChI=1S/C28H23BrN2O5S/c1-4-35-27(33)24-16(2)30-28-31(25(24)20-7-5-6-8-22(20)34-3)26(32)23(37-28)15-19-13-14-21(36-19)17-9-11-18(29)12-10-17/h5-15,25H,4H2,1-3H3. The van der Waals surface area contributed by atoms with Gasteiger partial charge in [0.2, 0.25) is 0 Å². The van der Waals surface area contributed by atoms with Crippen LogP contribution in [-0.4, -0.2) is 24.3 Å². The summed E-state index contributed by atoms with van der Waals surface area (Å²) in [6, 6.07) is 18.1. The molecular weight excluding hydrogens is 556 g/mol. The second-order valence-corrected chi connectivity index (χ2v) is 10.2. The number of nitrogens with zero attached hydrogens (tertiary/aromatic N) is 2. The van der Waals surface area contributed by atoms with E-state index >= 15 is 0 Å². The number of para-hydroxylation sites is 1. The van der Waals surface area contributed by atoms with Gasteiger partial charge in [0.15, 0.2) is 4.80 Å². The molecule has 0 spiro atoms. The summed E-state index contributed by atoms with van der Waals surface area (Å²) < 4.78 is 19.9. The molecule has 9 heteroatoms. The van der Waals surface area contributed by atoms with Crippen LogP contribution in [-0.2, 0) is 9.53 Å². The van der Waals surface area contributed by atoms with Crippen LogP contribution >= 0.6 is 27.3 Å². The number of hydrogen-bond donors (Lipinski definition) is 0. The number of halogens is 1. The van der Waals surface area contributed by atoms with Crippen LogP contribution in [0.5, 0.6) is 5.75 Å². The Morgan fingerprint density at radius 2 is 1.92 bits per heavy atom. The topological polar surface area (TPSA) is 83.0 Å². The van der Waals surface area contributed by atoms with Gasteiger partial charge in [-0.2, -0.15) is 0 Å². The Bertz CT molecular complexity index is 1700. The number of methoxy groups -OCH3 is 1. The van der Waals surface area contributed by atoms with Crippen LogP contribution in [0.2, 0.25) is 0 Å². The molecule has 4 aromatic rings. The molecule has 1 atom stereocenters. The third-order valence-electron chi connectivity index (χ3n) is 5.98. The van der Waals surface area contributed by atoms with Gasteiger partial charge in [-0.3, -0.25) is 9.36 Å². The highest BCUT2D eigenvalue weighted by atomic mass is 79.9. The molecule has 0 radical (unpaired) electrons. The van der Waals surface area contributed by atoms with E-state index in [9.17, 15) is 9.59 Å². The van der Waals surface area contributed by atoms with Crippen molar-refractivity contribution in [2.45, 2.75) is 19.9 Å². The zero-order valence-electron chi connectivity index (χ0n) is 20.4. The molecule has 0 saturated heterocycles. The Labute approximate surface area is 225 Å². The number of allylic oxidation sites excluding steroid dienone is 1. The van der Waals surface area contributed by atoms with E-state index in [4.69, 9.17) is 13.9 Å². The molecule has 2 aromatic heterocycles. The molecule has 3 heterocycles. The summed E-state index contributed by atoms with van der Waals surface area (Å²) in [7, 11) is 1.56. The predicted molar refractivity (Wildman–Crippen MR) is 145 cm³/mol. The van der Waals surface area contributed by atoms with Gasteiger partial charge in [-0.1, -0.05) is 57.6 Å². The summed E-state index contributed by atoms with van der Waals surface area (Å²) in [5.41, 5.74) is 2.12. The fourth-order valence-electron chi connectivity index (χ4n) is 4.31. The van der Waals surface area contributed by atoms with Crippen LogP contribution < -0.4 is 19.6 Å². The Kier molecular flexibility index (Phi) is 6.99. The highest BCUT2D eigenvalue weighted by Crippen LogP contribution is 2.35. The first-order chi connectivity index (χ1) is 17.9. The average molecular weight is 579 g/mol. The molecule has 1 aliphatic heterocycles. The van der Waals surface area contributed by atoms with Gasteiger partial charge in [0.25, 0.3) is 5.56 Å². The van der Waals surface area contributed by atoms with Crippen LogP contribution in [0.4, 0.5) is 0 Å². The van der Waals surface area contributed by atoms with Gasteiger partial charge in [-0.15, -0.1) is 0 Å². The minimum atomic E-state index is -0.747. The summed E-state index contributed by atoms with van der Waals surface area (Å²) in [4.78, 5) is 31.9. The minimum Gasteiger partial charge on any atom is -0.496 e. The second kappa shape index (κ2) is 10.4. The fourth-order valence-corrected chi connectivity index (χ4v) is 5.60. The summed E-state index contributed by atoms with van der Waals surface area (Å²) in [5, 5.41) is 0. The molecule has 0 amide bonds. The van der Waals surface area contributed by atoms with Gasteiger partial charge >= 0.3 is 5.97 Å². The highest BCUT2D eigenvalue weighted by molar-refractivity contribution is 9.10. The molecule has 1 aliphatic rings. The third-order valence-corrected chi connectivity index (χ3v) is 7.49. The highest BCUT2D eigenvalue weighted by Gasteiger charge is 2.34. The summed E-state index contributed by atoms with van der Waals surface area (Å²) >= 11 is 4.68. The number of benzene rings is 2. The number of thiazole rings is 1. The average Bonchev–Trinajstić information content (AvgIpc) is 3.48. The quantitative estimate of drug-likeness (QED) is 0.306. The number of esters is 1. The van der Waals surface area contributed by atoms with E-state index in [1.54, 1.807) is 33.1 Å². The van der Waals surface area contributed by atoms with Gasteiger partial charge < -0.3 is 13.9 Å². The zero-order valence-corrected chi connectivity index (χ0v) is 22.8. The number of hydrogen-bond acceptors (Lipinski definition) is 7. The molecular formula is C28H23BrN2O5S. The molecule has 188 valence electrons. The van der Waals surface area contributed by atoms with Crippen LogP contribution in [0.3, 0.4) is 0 Å². The largest absolute Gasteiger partial charge is 0.496 e. The lowest BCUT2D eigenvalue weighted by atomic mass is 9.95. The smallest absolute Gasteiger partial charge is 0.338 e. The van der Waals surface area contributed by atoms with E-state index in [0.29, 0.717) is 43.4 Å². The molecule has 5 rings (SSSR count). The van der Waals surface area contributed by atoms with E-state index in [2.05, 4.69) is 20.9 Å². The Morgan fingerprint density at radius 3 is 2.65 bits per heavy atom. The number of ether oxygens (including phenoxy) is 2. The van der Waals surface area contributed by atoms with E-state index in [-0.39, 0.29) is 12.2 Å². The summed E-state index contributed by atoms with van der Waals surface area (Å²) in [5.74, 6) is 1.28. The Balaban J connectivity index is 1.66. The molecule has 0 saturated carbocycles. The molecule has 0 bridgehead atoms. The van der Waals surface area contributed by atoms with Gasteiger partial charge in [-0.25, -0.2) is 9.79 Å². The predicted octanol–water partition coefficient (Wildman–Crippen LogP) is 4.83. The van der Waals surface area contributed by atoms with Crippen LogP contribution in [0.1, 0.15) is 31.2 Å². The summed E-state index contributed by atoms with van der Waals surface area (Å²) in [6.45, 7) is 3.70. The van der Waals surface area contributed by atoms with E-state index in [1.807, 2.05) is 54.6 Å². The van der Waals surface area contributed by atoms with E-state index in [1.165, 1.54) is 15.9 Å². The maximum Gasteiger partial charge on any atom is 0.338 e. The number of furan rings is 1. The van der Waals surface area contributed by atoms with Crippen molar-refractivity contribution in [2.24, 2.45) is 4.99 Å². The zero-order chi connectivity index (χ0) is 26.1. The van der Waals surface area contributed by atoms with Crippen LogP contribution in [0.25, 0.3) is 17.4 Å². The lowest BCUT2D eigenvalue weighted by Gasteiger charge is -2.25. The SMILES string of the molecule is CCOC(=O)C1=C(C)N=c2sc(=Cc3ccc(-c4ccc(Br)cc4)o3)c(=O)n2C1c1ccccc1OC. The van der Waals surface area contributed by atoms with Crippen LogP contribution in [0.15, 0.2) is 90.6 Å². The number of carbonyl (C=O) groups is 1. The third kappa shape index (κ3) is 4.72.